The number of hydrogen-bond donors (Lipinski definition) is 2. The topological polar surface area (TPSA) is 44.4 Å². The Kier molecular flexibility index (Phi) is 6.09. The van der Waals surface area contributed by atoms with Crippen molar-refractivity contribution in [3.05, 3.63) is 0 Å². The Hall–Kier alpha value is -0.610. The fourth-order valence-electron chi connectivity index (χ4n) is 2.35. The molecule has 4 nitrogen and oxygen atoms in total. The van der Waals surface area contributed by atoms with Crippen LogP contribution >= 0.6 is 0 Å². The van der Waals surface area contributed by atoms with Crippen molar-refractivity contribution in [2.45, 2.75) is 58.5 Å². The second-order valence-electron chi connectivity index (χ2n) is 6.35. The monoisotopic (exact) mass is 255 g/mol. The van der Waals surface area contributed by atoms with Gasteiger partial charge >= 0.3 is 0 Å². The first-order chi connectivity index (χ1) is 8.37. The maximum atomic E-state index is 11.0. The predicted molar refractivity (Wildman–Crippen MR) is 75.7 cm³/mol. The summed E-state index contributed by atoms with van der Waals surface area (Å²) in [4.78, 5) is 13.5. The number of carbonyl (C=O) groups excluding carboxylic acids is 1. The van der Waals surface area contributed by atoms with E-state index in [0.717, 1.165) is 39.0 Å². The Bertz CT molecular complexity index is 252. The van der Waals surface area contributed by atoms with E-state index >= 15 is 0 Å². The molecule has 0 aromatic carbocycles. The van der Waals surface area contributed by atoms with Crippen LogP contribution in [0.1, 0.15) is 47.0 Å². The molecule has 1 rings (SSSR count). The molecule has 0 spiro atoms. The maximum absolute atomic E-state index is 11.0. The van der Waals surface area contributed by atoms with E-state index in [4.69, 9.17) is 0 Å². The maximum Gasteiger partial charge on any atom is 0.217 e. The number of carbonyl (C=O) groups is 1. The zero-order valence-electron chi connectivity index (χ0n) is 12.4. The molecule has 0 aliphatic carbocycles. The first-order valence-electron chi connectivity index (χ1n) is 7.11. The fraction of sp³-hybridized carbons (Fsp3) is 0.929. The molecule has 1 aliphatic heterocycles. The Balaban J connectivity index is 2.07. The van der Waals surface area contributed by atoms with Gasteiger partial charge in [0, 0.05) is 31.6 Å². The molecule has 0 aromatic heterocycles. The van der Waals surface area contributed by atoms with E-state index in [9.17, 15) is 4.79 Å². The molecule has 1 saturated heterocycles. The molecule has 1 fully saturated rings. The van der Waals surface area contributed by atoms with Gasteiger partial charge in [-0.2, -0.15) is 0 Å². The van der Waals surface area contributed by atoms with Gasteiger partial charge in [0.1, 0.15) is 0 Å². The zero-order valence-corrected chi connectivity index (χ0v) is 12.4. The molecule has 106 valence electrons. The van der Waals surface area contributed by atoms with Crippen molar-refractivity contribution in [1.29, 1.82) is 0 Å². The highest BCUT2D eigenvalue weighted by molar-refractivity contribution is 5.73. The van der Waals surface area contributed by atoms with Gasteiger partial charge in [-0.05, 0) is 53.1 Å². The number of nitrogens with zero attached hydrogens (tertiary/aromatic N) is 1. The van der Waals surface area contributed by atoms with Crippen molar-refractivity contribution in [3.8, 4) is 0 Å². The zero-order chi connectivity index (χ0) is 13.6. The predicted octanol–water partition coefficient (Wildman–Crippen LogP) is 1.37. The van der Waals surface area contributed by atoms with Crippen molar-refractivity contribution in [1.82, 2.24) is 15.5 Å². The molecule has 0 unspecified atom stereocenters. The summed E-state index contributed by atoms with van der Waals surface area (Å²) in [5.41, 5.74) is 0.221. The van der Waals surface area contributed by atoms with Crippen molar-refractivity contribution < 1.29 is 4.79 Å². The summed E-state index contributed by atoms with van der Waals surface area (Å²) < 4.78 is 0. The van der Waals surface area contributed by atoms with Crippen LogP contribution in [0.3, 0.4) is 0 Å². The largest absolute Gasteiger partial charge is 0.354 e. The lowest BCUT2D eigenvalue weighted by molar-refractivity contribution is -0.119. The third kappa shape index (κ3) is 6.97. The summed E-state index contributed by atoms with van der Waals surface area (Å²) in [6.45, 7) is 12.7. The van der Waals surface area contributed by atoms with E-state index in [0.29, 0.717) is 6.04 Å². The highest BCUT2D eigenvalue weighted by Gasteiger charge is 2.19. The normalized spacial score (nSPS) is 18.9. The van der Waals surface area contributed by atoms with Crippen molar-refractivity contribution in [2.24, 2.45) is 0 Å². The Morgan fingerprint density at radius 3 is 2.39 bits per heavy atom. The van der Waals surface area contributed by atoms with Gasteiger partial charge in [-0.25, -0.2) is 0 Å². The second kappa shape index (κ2) is 7.10. The van der Waals surface area contributed by atoms with Crippen LogP contribution in [-0.2, 0) is 4.79 Å². The van der Waals surface area contributed by atoms with Gasteiger partial charge in [-0.15, -0.1) is 0 Å². The van der Waals surface area contributed by atoms with E-state index in [1.54, 1.807) is 6.92 Å². The number of likely N-dealkylation sites (tertiary alicyclic amines) is 1. The summed E-state index contributed by atoms with van der Waals surface area (Å²) in [6.07, 6.45) is 3.38. The first kappa shape index (κ1) is 15.4. The molecule has 2 N–H and O–H groups in total. The van der Waals surface area contributed by atoms with Gasteiger partial charge in [0.25, 0.3) is 0 Å². The van der Waals surface area contributed by atoms with E-state index < -0.39 is 0 Å². The standard InChI is InChI=1S/C14H29N3O/c1-12(18)16-13-6-10-17(11-7-13)9-5-8-15-14(2,3)4/h13,15H,5-11H2,1-4H3,(H,16,18). The minimum atomic E-state index is 0.0998. The van der Waals surface area contributed by atoms with Crippen LogP contribution < -0.4 is 10.6 Å². The van der Waals surface area contributed by atoms with Crippen LogP contribution in [0.25, 0.3) is 0 Å². The minimum absolute atomic E-state index is 0.0998. The van der Waals surface area contributed by atoms with Gasteiger partial charge in [-0.1, -0.05) is 0 Å². The van der Waals surface area contributed by atoms with Crippen LogP contribution in [0.5, 0.6) is 0 Å². The Morgan fingerprint density at radius 1 is 1.28 bits per heavy atom. The lowest BCUT2D eigenvalue weighted by atomic mass is 10.0. The summed E-state index contributed by atoms with van der Waals surface area (Å²) in [6, 6.07) is 0.395. The number of nitrogens with one attached hydrogen (secondary N) is 2. The van der Waals surface area contributed by atoms with E-state index in [1.807, 2.05) is 0 Å². The molecule has 0 atom stereocenters. The number of amides is 1. The molecule has 0 aromatic rings. The number of rotatable bonds is 5. The van der Waals surface area contributed by atoms with Crippen molar-refractivity contribution in [2.75, 3.05) is 26.2 Å². The van der Waals surface area contributed by atoms with Crippen LogP contribution in [-0.4, -0.2) is 48.6 Å². The van der Waals surface area contributed by atoms with Gasteiger partial charge in [-0.3, -0.25) is 4.79 Å². The van der Waals surface area contributed by atoms with Crippen LogP contribution in [0.15, 0.2) is 0 Å². The Labute approximate surface area is 111 Å². The van der Waals surface area contributed by atoms with Crippen molar-refractivity contribution in [3.63, 3.8) is 0 Å². The first-order valence-corrected chi connectivity index (χ1v) is 7.11. The van der Waals surface area contributed by atoms with Crippen molar-refractivity contribution >= 4 is 5.91 Å². The second-order valence-corrected chi connectivity index (χ2v) is 6.35. The molecule has 1 amide bonds. The smallest absolute Gasteiger partial charge is 0.217 e. The summed E-state index contributed by atoms with van der Waals surface area (Å²) in [5.74, 6) is 0.0998. The molecular weight excluding hydrogens is 226 g/mol. The fourth-order valence-corrected chi connectivity index (χ4v) is 2.35. The molecule has 0 saturated carbocycles. The molecule has 1 heterocycles. The van der Waals surface area contributed by atoms with Crippen LogP contribution in [0.2, 0.25) is 0 Å². The van der Waals surface area contributed by atoms with Gasteiger partial charge in [0.05, 0.1) is 0 Å². The highest BCUT2D eigenvalue weighted by atomic mass is 16.1. The molecule has 18 heavy (non-hydrogen) atoms. The van der Waals surface area contributed by atoms with Gasteiger partial charge < -0.3 is 15.5 Å². The minimum Gasteiger partial charge on any atom is -0.354 e. The van der Waals surface area contributed by atoms with E-state index in [1.165, 1.54) is 6.42 Å². The molecule has 1 aliphatic rings. The average Bonchev–Trinajstić information content (AvgIpc) is 2.24. The van der Waals surface area contributed by atoms with Crippen LogP contribution in [0, 0.1) is 0 Å². The van der Waals surface area contributed by atoms with Gasteiger partial charge in [0.2, 0.25) is 5.91 Å². The highest BCUT2D eigenvalue weighted by Crippen LogP contribution is 2.10. The molecule has 0 bridgehead atoms. The van der Waals surface area contributed by atoms with Crippen LogP contribution in [0.4, 0.5) is 0 Å². The lowest BCUT2D eigenvalue weighted by Gasteiger charge is -2.32. The average molecular weight is 255 g/mol. The third-order valence-corrected chi connectivity index (χ3v) is 3.30. The molecular formula is C14H29N3O. The number of hydrogen-bond acceptors (Lipinski definition) is 3. The molecule has 4 heteroatoms. The molecule has 0 radical (unpaired) electrons. The summed E-state index contributed by atoms with van der Waals surface area (Å²) >= 11 is 0. The Morgan fingerprint density at radius 2 is 1.89 bits per heavy atom. The quantitative estimate of drug-likeness (QED) is 0.729. The number of piperidine rings is 1. The third-order valence-electron chi connectivity index (χ3n) is 3.30. The van der Waals surface area contributed by atoms with E-state index in [2.05, 4.69) is 36.3 Å². The summed E-state index contributed by atoms with van der Waals surface area (Å²) in [7, 11) is 0. The van der Waals surface area contributed by atoms with Gasteiger partial charge in [0.15, 0.2) is 0 Å². The summed E-state index contributed by atoms with van der Waals surface area (Å²) in [5, 5.41) is 6.52. The SMILES string of the molecule is CC(=O)NC1CCN(CCCNC(C)(C)C)CC1. The lowest BCUT2D eigenvalue weighted by Crippen LogP contribution is -2.45. The van der Waals surface area contributed by atoms with E-state index in [-0.39, 0.29) is 11.4 Å².